The zero-order valence-electron chi connectivity index (χ0n) is 16.7. The van der Waals surface area contributed by atoms with Crippen LogP contribution in [0.5, 0.6) is 0 Å². The van der Waals surface area contributed by atoms with Crippen LogP contribution >= 0.6 is 0 Å². The van der Waals surface area contributed by atoms with E-state index in [2.05, 4.69) is 56.9 Å². The summed E-state index contributed by atoms with van der Waals surface area (Å²) in [4.78, 5) is 14.7. The molecule has 2 aromatic rings. The molecular weight excluding hydrogens is 322 g/mol. The molecule has 0 aliphatic heterocycles. The molecule has 0 bridgehead atoms. The van der Waals surface area contributed by atoms with Crippen molar-refractivity contribution in [2.24, 2.45) is 0 Å². The minimum Gasteiger partial charge on any atom is -0.447 e. The molecule has 0 amide bonds. The lowest BCUT2D eigenvalue weighted by atomic mass is 9.68. The number of benzene rings is 2. The van der Waals surface area contributed by atoms with Crippen molar-refractivity contribution in [3.63, 3.8) is 0 Å². The number of likely N-dealkylation sites (N-methyl/N-ethyl adjacent to an activating group) is 1. The normalized spacial score (nSPS) is 14.1. The van der Waals surface area contributed by atoms with Gasteiger partial charge in [-0.15, -0.1) is 0 Å². The van der Waals surface area contributed by atoms with Gasteiger partial charge in [-0.2, -0.15) is 0 Å². The summed E-state index contributed by atoms with van der Waals surface area (Å²) < 4.78 is 6.27. The molecule has 140 valence electrons. The van der Waals surface area contributed by atoms with Crippen LogP contribution in [0.4, 0.5) is 0 Å². The first-order valence-corrected chi connectivity index (χ1v) is 9.51. The van der Waals surface area contributed by atoms with E-state index in [-0.39, 0.29) is 5.97 Å². The van der Waals surface area contributed by atoms with Crippen molar-refractivity contribution < 1.29 is 9.53 Å². The molecule has 0 heterocycles. The Hall–Kier alpha value is -2.13. The van der Waals surface area contributed by atoms with Gasteiger partial charge in [0.05, 0.1) is 5.54 Å². The predicted octanol–water partition coefficient (Wildman–Crippen LogP) is 5.00. The number of carbonyl (C=O) groups is 1. The van der Waals surface area contributed by atoms with Crippen molar-refractivity contribution in [3.05, 3.63) is 71.8 Å². The second kappa shape index (κ2) is 8.50. The third-order valence-electron chi connectivity index (χ3n) is 5.57. The summed E-state index contributed by atoms with van der Waals surface area (Å²) in [5.41, 5.74) is 0.711. The van der Waals surface area contributed by atoms with Crippen molar-refractivity contribution in [1.29, 1.82) is 0 Å². The highest BCUT2D eigenvalue weighted by molar-refractivity contribution is 5.68. The summed E-state index contributed by atoms with van der Waals surface area (Å²) >= 11 is 0. The quantitative estimate of drug-likeness (QED) is 0.625. The van der Waals surface area contributed by atoms with Crippen molar-refractivity contribution >= 4 is 5.97 Å². The van der Waals surface area contributed by atoms with Crippen molar-refractivity contribution in [2.45, 2.75) is 52.2 Å². The van der Waals surface area contributed by atoms with Gasteiger partial charge in [0, 0.05) is 18.1 Å². The van der Waals surface area contributed by atoms with Crippen LogP contribution in [-0.2, 0) is 15.1 Å². The highest BCUT2D eigenvalue weighted by atomic mass is 16.6. The Bertz CT molecular complexity index is 655. The standard InChI is InChI=1S/C23H31NO2/c1-6-22(5,24(7-2)8-3)23(26-19(4)25,20-15-11-9-12-16-20)21-17-13-10-14-18-21/h9-18H,6-8H2,1-5H3. The van der Waals surface area contributed by atoms with Crippen LogP contribution in [0.2, 0.25) is 0 Å². The summed E-state index contributed by atoms with van der Waals surface area (Å²) in [6.45, 7) is 12.0. The maximum Gasteiger partial charge on any atom is 0.303 e. The molecule has 3 heteroatoms. The van der Waals surface area contributed by atoms with Gasteiger partial charge >= 0.3 is 5.97 Å². The minimum absolute atomic E-state index is 0.274. The topological polar surface area (TPSA) is 29.5 Å². The molecule has 0 aromatic heterocycles. The van der Waals surface area contributed by atoms with Gasteiger partial charge < -0.3 is 4.74 Å². The lowest BCUT2D eigenvalue weighted by Crippen LogP contribution is -2.62. The Morgan fingerprint density at radius 1 is 0.885 bits per heavy atom. The second-order valence-electron chi connectivity index (χ2n) is 6.81. The fourth-order valence-corrected chi connectivity index (χ4v) is 4.19. The van der Waals surface area contributed by atoms with E-state index >= 15 is 0 Å². The molecule has 0 N–H and O–H groups in total. The number of hydrogen-bond acceptors (Lipinski definition) is 3. The molecular formula is C23H31NO2. The van der Waals surface area contributed by atoms with Crippen LogP contribution in [0, 0.1) is 0 Å². The summed E-state index contributed by atoms with van der Waals surface area (Å²) in [5.74, 6) is -0.274. The van der Waals surface area contributed by atoms with Gasteiger partial charge in [-0.3, -0.25) is 9.69 Å². The van der Waals surface area contributed by atoms with Gasteiger partial charge in [-0.25, -0.2) is 0 Å². The summed E-state index contributed by atoms with van der Waals surface area (Å²) in [6.07, 6.45) is 0.839. The molecule has 1 unspecified atom stereocenters. The molecule has 0 saturated heterocycles. The number of esters is 1. The molecule has 0 aliphatic rings. The first kappa shape index (κ1) is 20.2. The number of nitrogens with zero attached hydrogens (tertiary/aromatic N) is 1. The predicted molar refractivity (Wildman–Crippen MR) is 107 cm³/mol. The third-order valence-corrected chi connectivity index (χ3v) is 5.57. The molecule has 0 fully saturated rings. The van der Waals surface area contributed by atoms with E-state index in [0.29, 0.717) is 0 Å². The van der Waals surface area contributed by atoms with E-state index in [1.54, 1.807) is 0 Å². The highest BCUT2D eigenvalue weighted by Crippen LogP contribution is 2.48. The van der Waals surface area contributed by atoms with Gasteiger partial charge in [0.25, 0.3) is 0 Å². The van der Waals surface area contributed by atoms with Crippen LogP contribution in [0.15, 0.2) is 60.7 Å². The maximum atomic E-state index is 12.3. The summed E-state index contributed by atoms with van der Waals surface area (Å²) in [7, 11) is 0. The Morgan fingerprint density at radius 3 is 1.62 bits per heavy atom. The van der Waals surface area contributed by atoms with Crippen LogP contribution in [0.25, 0.3) is 0 Å². The fourth-order valence-electron chi connectivity index (χ4n) is 4.19. The number of hydrogen-bond donors (Lipinski definition) is 0. The molecule has 0 saturated carbocycles. The SMILES string of the molecule is CCN(CC)C(C)(CC)C(OC(C)=O)(c1ccccc1)c1ccccc1. The smallest absolute Gasteiger partial charge is 0.303 e. The van der Waals surface area contributed by atoms with E-state index in [1.807, 2.05) is 36.4 Å². The number of ether oxygens (including phenoxy) is 1. The largest absolute Gasteiger partial charge is 0.447 e. The van der Waals surface area contributed by atoms with E-state index in [9.17, 15) is 4.79 Å². The molecule has 2 rings (SSSR count). The highest BCUT2D eigenvalue weighted by Gasteiger charge is 2.55. The molecule has 1 atom stereocenters. The second-order valence-corrected chi connectivity index (χ2v) is 6.81. The molecule has 3 nitrogen and oxygen atoms in total. The Morgan fingerprint density at radius 2 is 1.31 bits per heavy atom. The van der Waals surface area contributed by atoms with Crippen LogP contribution < -0.4 is 0 Å². The van der Waals surface area contributed by atoms with Crippen LogP contribution in [-0.4, -0.2) is 29.5 Å². The Kier molecular flexibility index (Phi) is 6.60. The first-order valence-electron chi connectivity index (χ1n) is 9.51. The monoisotopic (exact) mass is 353 g/mol. The van der Waals surface area contributed by atoms with Gasteiger partial charge in [0.15, 0.2) is 5.60 Å². The minimum atomic E-state index is -0.887. The molecule has 26 heavy (non-hydrogen) atoms. The fraction of sp³-hybridized carbons (Fsp3) is 0.435. The van der Waals surface area contributed by atoms with Crippen molar-refractivity contribution in [2.75, 3.05) is 13.1 Å². The van der Waals surface area contributed by atoms with Gasteiger partial charge in [-0.05, 0) is 26.4 Å². The van der Waals surface area contributed by atoms with E-state index in [1.165, 1.54) is 6.92 Å². The summed E-state index contributed by atoms with van der Waals surface area (Å²) in [5, 5.41) is 0. The van der Waals surface area contributed by atoms with Crippen LogP contribution in [0.3, 0.4) is 0 Å². The summed E-state index contributed by atoms with van der Waals surface area (Å²) in [6, 6.07) is 20.3. The van der Waals surface area contributed by atoms with E-state index < -0.39 is 11.1 Å². The molecule has 2 aromatic carbocycles. The molecule has 0 spiro atoms. The zero-order chi connectivity index (χ0) is 19.2. The third kappa shape index (κ3) is 3.41. The van der Waals surface area contributed by atoms with Gasteiger partial charge in [-0.1, -0.05) is 81.4 Å². The maximum absolute atomic E-state index is 12.3. The average Bonchev–Trinajstić information content (AvgIpc) is 2.68. The average molecular weight is 354 g/mol. The Balaban J connectivity index is 2.88. The molecule has 0 aliphatic carbocycles. The van der Waals surface area contributed by atoms with Crippen LogP contribution in [0.1, 0.15) is 52.2 Å². The van der Waals surface area contributed by atoms with Crippen molar-refractivity contribution in [1.82, 2.24) is 4.90 Å². The number of carbonyl (C=O) groups excluding carboxylic acids is 1. The van der Waals surface area contributed by atoms with E-state index in [0.717, 1.165) is 30.6 Å². The lowest BCUT2D eigenvalue weighted by Gasteiger charge is -2.53. The number of rotatable bonds is 8. The Labute approximate surface area is 158 Å². The lowest BCUT2D eigenvalue weighted by molar-refractivity contribution is -0.172. The van der Waals surface area contributed by atoms with Gasteiger partial charge in [0.1, 0.15) is 0 Å². The van der Waals surface area contributed by atoms with Crippen molar-refractivity contribution in [3.8, 4) is 0 Å². The first-order chi connectivity index (χ1) is 12.5. The van der Waals surface area contributed by atoms with E-state index in [4.69, 9.17) is 4.74 Å². The molecule has 0 radical (unpaired) electrons. The van der Waals surface area contributed by atoms with Gasteiger partial charge in [0.2, 0.25) is 0 Å². The zero-order valence-corrected chi connectivity index (χ0v) is 16.7.